The largest absolute Gasteiger partial charge is 0.465 e. The van der Waals surface area contributed by atoms with E-state index in [2.05, 4.69) is 35.0 Å². The first-order valence-electron chi connectivity index (χ1n) is 25.6. The molecule has 19 nitrogen and oxygen atoms in total. The number of amides is 5. The maximum atomic E-state index is 13.3. The molecule has 3 aliphatic rings. The number of nitrogens with zero attached hydrogens (tertiary/aromatic N) is 7. The van der Waals surface area contributed by atoms with Crippen LogP contribution in [0.25, 0.3) is 5.52 Å². The van der Waals surface area contributed by atoms with Crippen molar-refractivity contribution < 1.29 is 82.1 Å². The predicted molar refractivity (Wildman–Crippen MR) is 282 cm³/mol. The van der Waals surface area contributed by atoms with Gasteiger partial charge in [-0.2, -0.15) is 26.3 Å². The maximum absolute atomic E-state index is 13.3. The first-order chi connectivity index (χ1) is 39.8. The highest BCUT2D eigenvalue weighted by atomic mass is 19.4. The number of urea groups is 2. The molecule has 84 heavy (non-hydrogen) atoms. The van der Waals surface area contributed by atoms with Crippen LogP contribution in [-0.4, -0.2) is 121 Å². The Labute approximate surface area is 472 Å². The normalized spacial score (nSPS) is 14.3. The van der Waals surface area contributed by atoms with Crippen LogP contribution in [0.15, 0.2) is 104 Å². The molecular formula is C55H55F10N11O8. The van der Waals surface area contributed by atoms with Crippen molar-refractivity contribution in [3.8, 4) is 0 Å². The average molecular weight is 1190 g/mol. The van der Waals surface area contributed by atoms with Crippen molar-refractivity contribution in [1.29, 1.82) is 0 Å². The van der Waals surface area contributed by atoms with Crippen LogP contribution in [-0.2, 0) is 48.7 Å². The summed E-state index contributed by atoms with van der Waals surface area (Å²) in [7, 11) is 2.77. The molecule has 2 atom stereocenters. The van der Waals surface area contributed by atoms with Crippen LogP contribution >= 0.6 is 0 Å². The molecule has 0 saturated carbocycles. The standard InChI is InChI=1S/C19H18F5N3O2.C18H17F5N4O2.C9H12N2O2.C9H8N2O2/c1-11(19(22,23)24)8-17(28)13-4-5-26-6-7-27(10-16(13)26)18(29)25-12-2-3-14(20)15(21)9-12;1-10(18(21,22)23)24-16(28)12-4-5-26-6-7-27(9-15(12)26)17(29)25-11-2-3-13(19)14(20)8-11;2*1-13-9(12)7-2-4-11-5-3-10-6-8(7)11/h2-5,9,11H,6-8,10H2,1H3,(H,25,29);2-5,8,10H,6-7,9H2,1H3,(H,24,28)(H,25,29);2,4,10H,3,5-6H2,1H3;2-6H,1H3/t11-;10-;;/m01../s1. The molecule has 5 aromatic heterocycles. The van der Waals surface area contributed by atoms with Crippen LogP contribution in [0.3, 0.4) is 0 Å². The highest BCUT2D eigenvalue weighted by molar-refractivity contribution is 5.99. The molecule has 3 aliphatic heterocycles. The molecule has 448 valence electrons. The zero-order valence-electron chi connectivity index (χ0n) is 45.2. The molecule has 10 rings (SSSR count). The summed E-state index contributed by atoms with van der Waals surface area (Å²) in [6, 6.07) is 8.97. The molecule has 0 bridgehead atoms. The third-order valence-corrected chi connectivity index (χ3v) is 13.6. The number of benzene rings is 2. The van der Waals surface area contributed by atoms with E-state index in [9.17, 15) is 72.7 Å². The number of hydrogen-bond donors (Lipinski definition) is 4. The molecule has 2 aromatic carbocycles. The minimum atomic E-state index is -4.58. The van der Waals surface area contributed by atoms with Gasteiger partial charge < -0.3 is 58.6 Å². The SMILES string of the molecule is COC(=O)c1ccn2c1CNCC2.COC(=O)c1ccn2ccncc12.C[C@@H](CC(=O)c1ccn2c1CN(C(=O)Nc1ccc(F)c(F)c1)CC2)C(F)(F)F.C[C@@H](NC(=O)c1ccn2c1CN(C(=O)Nc1ccc(F)c(F)c1)CC2)C(F)(F)F. The van der Waals surface area contributed by atoms with E-state index in [0.29, 0.717) is 35.6 Å². The number of esters is 2. The summed E-state index contributed by atoms with van der Waals surface area (Å²) >= 11 is 0. The van der Waals surface area contributed by atoms with Gasteiger partial charge in [-0.3, -0.25) is 14.6 Å². The van der Waals surface area contributed by atoms with Gasteiger partial charge in [0.15, 0.2) is 29.1 Å². The van der Waals surface area contributed by atoms with Crippen molar-refractivity contribution in [3.63, 3.8) is 0 Å². The van der Waals surface area contributed by atoms with Gasteiger partial charge in [-0.25, -0.2) is 36.7 Å². The summed E-state index contributed by atoms with van der Waals surface area (Å²) < 4.78 is 145. The molecule has 0 spiro atoms. The molecule has 4 N–H and O–H groups in total. The van der Waals surface area contributed by atoms with Gasteiger partial charge in [0.1, 0.15) is 6.04 Å². The van der Waals surface area contributed by atoms with Gasteiger partial charge >= 0.3 is 36.4 Å². The van der Waals surface area contributed by atoms with Gasteiger partial charge in [-0.05, 0) is 55.5 Å². The summed E-state index contributed by atoms with van der Waals surface area (Å²) in [5.74, 6) is -8.24. The van der Waals surface area contributed by atoms with Gasteiger partial charge in [0.05, 0.1) is 67.3 Å². The number of Topliss-reactive ketones (excluding diaryl/α,β-unsaturated/α-hetero) is 1. The number of rotatable bonds is 9. The molecular weight excluding hydrogens is 1130 g/mol. The zero-order valence-corrected chi connectivity index (χ0v) is 45.2. The summed E-state index contributed by atoms with van der Waals surface area (Å²) in [5, 5.41) is 9.98. The third kappa shape index (κ3) is 15.3. The lowest BCUT2D eigenvalue weighted by Gasteiger charge is -2.29. The Morgan fingerprint density at radius 1 is 0.595 bits per heavy atom. The monoisotopic (exact) mass is 1190 g/mol. The Morgan fingerprint density at radius 3 is 1.62 bits per heavy atom. The fraction of sp³-hybridized carbons (Fsp3) is 0.327. The Morgan fingerprint density at radius 2 is 1.10 bits per heavy atom. The molecule has 5 amide bonds. The number of ketones is 1. The molecule has 7 aromatic rings. The Balaban J connectivity index is 0.000000171. The summed E-state index contributed by atoms with van der Waals surface area (Å²) in [6.07, 6.45) is 2.24. The molecule has 0 fully saturated rings. The third-order valence-electron chi connectivity index (χ3n) is 13.6. The van der Waals surface area contributed by atoms with Crippen LogP contribution in [0.2, 0.25) is 0 Å². The van der Waals surface area contributed by atoms with E-state index < -0.39 is 77.8 Å². The smallest absolute Gasteiger partial charge is 0.408 e. The zero-order chi connectivity index (χ0) is 61.2. The Hall–Kier alpha value is -9.15. The van der Waals surface area contributed by atoms with Crippen molar-refractivity contribution in [1.82, 2.24) is 43.5 Å². The average Bonchev–Trinajstić information content (AvgIpc) is 3.53. The second-order valence-corrected chi connectivity index (χ2v) is 19.1. The molecule has 8 heterocycles. The van der Waals surface area contributed by atoms with E-state index in [1.807, 2.05) is 22.0 Å². The Kier molecular flexibility index (Phi) is 20.0. The number of carbonyl (C=O) groups is 6. The second-order valence-electron chi connectivity index (χ2n) is 19.1. The number of carbonyl (C=O) groups excluding carboxylic acids is 6. The first kappa shape index (κ1) is 62.5. The van der Waals surface area contributed by atoms with Crippen LogP contribution in [0.5, 0.6) is 0 Å². The highest BCUT2D eigenvalue weighted by Gasteiger charge is 2.39. The minimum absolute atomic E-state index is 0.00395. The number of hydrogen-bond acceptors (Lipinski definition) is 10. The van der Waals surface area contributed by atoms with Crippen molar-refractivity contribution >= 4 is 52.6 Å². The van der Waals surface area contributed by atoms with Crippen LogP contribution in [0.4, 0.5) is 64.9 Å². The van der Waals surface area contributed by atoms with Crippen molar-refractivity contribution in [3.05, 3.63) is 167 Å². The number of alkyl halides is 6. The lowest BCUT2D eigenvalue weighted by molar-refractivity contribution is -0.168. The number of anilines is 2. The number of fused-ring (bicyclic) bond motifs is 4. The number of aromatic nitrogens is 5. The highest BCUT2D eigenvalue weighted by Crippen LogP contribution is 2.31. The number of nitrogens with one attached hydrogen (secondary N) is 4. The lowest BCUT2D eigenvalue weighted by atomic mass is 9.99. The van der Waals surface area contributed by atoms with Gasteiger partial charge in [-0.1, -0.05) is 6.92 Å². The fourth-order valence-corrected chi connectivity index (χ4v) is 8.82. The summed E-state index contributed by atoms with van der Waals surface area (Å²) in [5.41, 5.74) is 4.10. The molecule has 29 heteroatoms. The van der Waals surface area contributed by atoms with Gasteiger partial charge in [0, 0.05) is 130 Å². The number of ether oxygens (including phenoxy) is 2. The van der Waals surface area contributed by atoms with E-state index in [1.165, 1.54) is 48.3 Å². The molecule has 0 unspecified atom stereocenters. The van der Waals surface area contributed by atoms with Gasteiger partial charge in [0.2, 0.25) is 0 Å². The topological polar surface area (TPSA) is 208 Å². The number of halogens is 10. The summed E-state index contributed by atoms with van der Waals surface area (Å²) in [4.78, 5) is 78.6. The van der Waals surface area contributed by atoms with Gasteiger partial charge in [-0.15, -0.1) is 0 Å². The Bertz CT molecular complexity index is 3380. The second kappa shape index (κ2) is 26.8. The fourth-order valence-electron chi connectivity index (χ4n) is 8.82. The molecule has 0 saturated heterocycles. The van der Waals surface area contributed by atoms with E-state index in [4.69, 9.17) is 0 Å². The van der Waals surface area contributed by atoms with E-state index in [0.717, 1.165) is 69.0 Å². The predicted octanol–water partition coefficient (Wildman–Crippen LogP) is 9.58. The van der Waals surface area contributed by atoms with Gasteiger partial charge in [0.25, 0.3) is 5.91 Å². The van der Waals surface area contributed by atoms with E-state index >= 15 is 0 Å². The van der Waals surface area contributed by atoms with Crippen LogP contribution in [0, 0.1) is 29.2 Å². The van der Waals surface area contributed by atoms with Crippen LogP contribution < -0.4 is 21.3 Å². The van der Waals surface area contributed by atoms with E-state index in [1.54, 1.807) is 52.4 Å². The summed E-state index contributed by atoms with van der Waals surface area (Å²) in [6.45, 7) is 5.60. The van der Waals surface area contributed by atoms with Crippen molar-refractivity contribution in [2.75, 3.05) is 44.5 Å². The number of methoxy groups -OCH3 is 2. The van der Waals surface area contributed by atoms with E-state index in [-0.39, 0.29) is 60.6 Å². The first-order valence-corrected chi connectivity index (χ1v) is 25.6. The minimum Gasteiger partial charge on any atom is -0.465 e. The van der Waals surface area contributed by atoms with Crippen LogP contribution in [0.1, 0.15) is 78.8 Å². The maximum Gasteiger partial charge on any atom is 0.408 e. The molecule has 0 radical (unpaired) electrons. The van der Waals surface area contributed by atoms with Crippen molar-refractivity contribution in [2.24, 2.45) is 5.92 Å². The quantitative estimate of drug-likeness (QED) is 0.0612. The molecule has 0 aliphatic carbocycles. The lowest BCUT2D eigenvalue weighted by Crippen LogP contribution is -2.44. The van der Waals surface area contributed by atoms with Crippen molar-refractivity contribution in [2.45, 2.75) is 77.9 Å².